The topological polar surface area (TPSA) is 85.1 Å². The lowest BCUT2D eigenvalue weighted by Crippen LogP contribution is -2.11. The second-order valence-corrected chi connectivity index (χ2v) is 5.30. The van der Waals surface area contributed by atoms with Gasteiger partial charge in [0.25, 0.3) is 11.6 Å². The Morgan fingerprint density at radius 1 is 1.53 bits per heavy atom. The first-order valence-corrected chi connectivity index (χ1v) is 6.35. The summed E-state index contributed by atoms with van der Waals surface area (Å²) in [5.74, 6) is -0.0877. The lowest BCUT2D eigenvalue weighted by molar-refractivity contribution is -0.384. The van der Waals surface area contributed by atoms with E-state index < -0.39 is 10.8 Å². The van der Waals surface area contributed by atoms with Crippen LogP contribution in [0.2, 0.25) is 4.34 Å². The first-order valence-electron chi connectivity index (χ1n) is 5.16. The average Bonchev–Trinajstić information content (AvgIpc) is 2.71. The summed E-state index contributed by atoms with van der Waals surface area (Å²) in [4.78, 5) is 26.2. The number of nitrogens with one attached hydrogen (secondary N) is 1. The Labute approximate surface area is 117 Å². The molecule has 0 spiro atoms. The zero-order valence-corrected chi connectivity index (χ0v) is 11.3. The summed E-state index contributed by atoms with van der Waals surface area (Å²) in [6.07, 6.45) is 0. The minimum atomic E-state index is -0.624. The van der Waals surface area contributed by atoms with Crippen molar-refractivity contribution in [3.63, 3.8) is 0 Å². The monoisotopic (exact) mass is 297 g/mol. The molecule has 0 aromatic carbocycles. The minimum Gasteiger partial charge on any atom is -0.306 e. The van der Waals surface area contributed by atoms with Crippen LogP contribution < -0.4 is 5.32 Å². The molecule has 0 radical (unpaired) electrons. The van der Waals surface area contributed by atoms with Crippen molar-refractivity contribution in [2.75, 3.05) is 5.32 Å². The molecule has 2 aromatic rings. The summed E-state index contributed by atoms with van der Waals surface area (Å²) in [6, 6.07) is 6.33. The molecule has 19 heavy (non-hydrogen) atoms. The number of carbonyl (C=O) groups excluding carboxylic acids is 1. The van der Waals surface area contributed by atoms with Gasteiger partial charge in [-0.05, 0) is 19.1 Å². The molecular formula is C11H8ClN3O3S. The van der Waals surface area contributed by atoms with Gasteiger partial charge in [-0.2, -0.15) is 0 Å². The van der Waals surface area contributed by atoms with Gasteiger partial charge in [0.1, 0.15) is 10.7 Å². The molecular weight excluding hydrogens is 290 g/mol. The van der Waals surface area contributed by atoms with E-state index in [1.807, 2.05) is 0 Å². The van der Waals surface area contributed by atoms with E-state index >= 15 is 0 Å². The highest BCUT2D eigenvalue weighted by molar-refractivity contribution is 7.18. The van der Waals surface area contributed by atoms with Crippen LogP contribution in [0.4, 0.5) is 11.5 Å². The maximum Gasteiger partial charge on any atom is 0.299 e. The zero-order chi connectivity index (χ0) is 14.0. The van der Waals surface area contributed by atoms with E-state index in [4.69, 9.17) is 11.6 Å². The van der Waals surface area contributed by atoms with Crippen LogP contribution >= 0.6 is 22.9 Å². The summed E-state index contributed by atoms with van der Waals surface area (Å²) >= 11 is 6.55. The van der Waals surface area contributed by atoms with Crippen molar-refractivity contribution in [2.45, 2.75) is 6.92 Å². The standard InChI is InChI=1S/C11H8ClN3O3S/c1-6-3-2-4-9(13-6)14-11(16)8-5-7(15(17)18)10(12)19-8/h2-5H,1H3,(H,13,14,16). The maximum atomic E-state index is 11.9. The normalized spacial score (nSPS) is 10.2. The van der Waals surface area contributed by atoms with E-state index in [1.165, 1.54) is 0 Å². The van der Waals surface area contributed by atoms with Crippen molar-refractivity contribution >= 4 is 40.4 Å². The molecule has 1 N–H and O–H groups in total. The van der Waals surface area contributed by atoms with E-state index in [0.29, 0.717) is 5.82 Å². The SMILES string of the molecule is Cc1cccc(NC(=O)c2cc([N+](=O)[O-])c(Cl)s2)n1. The Bertz CT molecular complexity index is 656. The molecule has 2 aromatic heterocycles. The van der Waals surface area contributed by atoms with Gasteiger partial charge in [-0.25, -0.2) is 4.98 Å². The van der Waals surface area contributed by atoms with Gasteiger partial charge in [0.05, 0.1) is 4.92 Å². The number of pyridine rings is 1. The number of hydrogen-bond donors (Lipinski definition) is 1. The first kappa shape index (κ1) is 13.4. The Hall–Kier alpha value is -1.99. The first-order chi connectivity index (χ1) is 8.97. The molecule has 0 aliphatic rings. The van der Waals surface area contributed by atoms with Crippen molar-refractivity contribution in [1.29, 1.82) is 0 Å². The molecule has 0 saturated heterocycles. The summed E-state index contributed by atoms with van der Waals surface area (Å²) in [5.41, 5.74) is 0.488. The molecule has 6 nitrogen and oxygen atoms in total. The quantitative estimate of drug-likeness (QED) is 0.696. The Balaban J connectivity index is 2.21. The van der Waals surface area contributed by atoms with E-state index in [0.717, 1.165) is 23.1 Å². The van der Waals surface area contributed by atoms with Crippen molar-refractivity contribution < 1.29 is 9.72 Å². The number of nitrogens with zero attached hydrogens (tertiary/aromatic N) is 2. The number of thiophene rings is 1. The molecule has 0 atom stereocenters. The van der Waals surface area contributed by atoms with Gasteiger partial charge < -0.3 is 5.32 Å². The predicted octanol–water partition coefficient (Wildman–Crippen LogP) is 3.27. The number of anilines is 1. The van der Waals surface area contributed by atoms with Crippen LogP contribution in [0.1, 0.15) is 15.4 Å². The number of amides is 1. The number of aryl methyl sites for hydroxylation is 1. The molecule has 0 fully saturated rings. The highest BCUT2D eigenvalue weighted by Gasteiger charge is 2.21. The highest BCUT2D eigenvalue weighted by Crippen LogP contribution is 2.33. The molecule has 0 unspecified atom stereocenters. The molecule has 98 valence electrons. The molecule has 2 rings (SSSR count). The molecule has 0 saturated carbocycles. The van der Waals surface area contributed by atoms with Gasteiger partial charge >= 0.3 is 0 Å². The van der Waals surface area contributed by atoms with Gasteiger partial charge in [-0.1, -0.05) is 17.7 Å². The third-order valence-electron chi connectivity index (χ3n) is 2.22. The summed E-state index contributed by atoms with van der Waals surface area (Å²) in [6.45, 7) is 1.79. The van der Waals surface area contributed by atoms with Crippen LogP contribution in [0.3, 0.4) is 0 Å². The molecule has 2 heterocycles. The van der Waals surface area contributed by atoms with E-state index in [2.05, 4.69) is 10.3 Å². The summed E-state index contributed by atoms with van der Waals surface area (Å²) in [7, 11) is 0. The van der Waals surface area contributed by atoms with Crippen LogP contribution in [-0.4, -0.2) is 15.8 Å². The Kier molecular flexibility index (Phi) is 3.77. The maximum absolute atomic E-state index is 11.9. The van der Waals surface area contributed by atoms with Gasteiger partial charge in [0.2, 0.25) is 0 Å². The Morgan fingerprint density at radius 3 is 2.84 bits per heavy atom. The van der Waals surface area contributed by atoms with Gasteiger partial charge in [-0.3, -0.25) is 14.9 Å². The van der Waals surface area contributed by atoms with Crippen LogP contribution in [0.25, 0.3) is 0 Å². The van der Waals surface area contributed by atoms with Crippen molar-refractivity contribution in [2.24, 2.45) is 0 Å². The van der Waals surface area contributed by atoms with E-state index in [-0.39, 0.29) is 14.9 Å². The molecule has 0 bridgehead atoms. The second kappa shape index (κ2) is 5.33. The lowest BCUT2D eigenvalue weighted by Gasteiger charge is -2.02. The number of carbonyl (C=O) groups is 1. The molecule has 0 aliphatic heterocycles. The minimum absolute atomic E-state index is 0.0210. The van der Waals surface area contributed by atoms with E-state index in [9.17, 15) is 14.9 Å². The van der Waals surface area contributed by atoms with Crippen molar-refractivity contribution in [1.82, 2.24) is 4.98 Å². The number of aromatic nitrogens is 1. The smallest absolute Gasteiger partial charge is 0.299 e. The summed E-state index contributed by atoms with van der Waals surface area (Å²) in [5, 5.41) is 13.2. The van der Waals surface area contributed by atoms with Gasteiger partial charge in [-0.15, -0.1) is 11.3 Å². The zero-order valence-electron chi connectivity index (χ0n) is 9.71. The fourth-order valence-electron chi connectivity index (χ4n) is 1.39. The average molecular weight is 298 g/mol. The molecule has 8 heteroatoms. The largest absolute Gasteiger partial charge is 0.306 e. The molecule has 0 aliphatic carbocycles. The van der Waals surface area contributed by atoms with Crippen LogP contribution in [-0.2, 0) is 0 Å². The highest BCUT2D eigenvalue weighted by atomic mass is 35.5. The fourth-order valence-corrected chi connectivity index (χ4v) is 2.50. The predicted molar refractivity (Wildman–Crippen MR) is 72.9 cm³/mol. The third-order valence-corrected chi connectivity index (χ3v) is 3.56. The Morgan fingerprint density at radius 2 is 2.26 bits per heavy atom. The van der Waals surface area contributed by atoms with Gasteiger partial charge in [0.15, 0.2) is 4.34 Å². The van der Waals surface area contributed by atoms with Gasteiger partial charge in [0, 0.05) is 11.8 Å². The van der Waals surface area contributed by atoms with Crippen molar-refractivity contribution in [3.8, 4) is 0 Å². The summed E-state index contributed by atoms with van der Waals surface area (Å²) < 4.78 is -0.0210. The van der Waals surface area contributed by atoms with Crippen LogP contribution in [0.15, 0.2) is 24.3 Å². The lowest BCUT2D eigenvalue weighted by atomic mass is 10.3. The molecule has 1 amide bonds. The number of rotatable bonds is 3. The third kappa shape index (κ3) is 3.07. The number of hydrogen-bond acceptors (Lipinski definition) is 5. The fraction of sp³-hybridized carbons (Fsp3) is 0.0909. The van der Waals surface area contributed by atoms with Crippen LogP contribution in [0.5, 0.6) is 0 Å². The van der Waals surface area contributed by atoms with Crippen molar-refractivity contribution in [3.05, 3.63) is 49.3 Å². The second-order valence-electron chi connectivity index (χ2n) is 3.65. The van der Waals surface area contributed by atoms with Crippen LogP contribution in [0, 0.1) is 17.0 Å². The number of halogens is 1. The number of nitro groups is 1. The van der Waals surface area contributed by atoms with E-state index in [1.54, 1.807) is 25.1 Å².